The maximum atomic E-state index is 8.71. The lowest BCUT2D eigenvalue weighted by Crippen LogP contribution is -2.02. The molecule has 0 aliphatic rings. The summed E-state index contributed by atoms with van der Waals surface area (Å²) in [5, 5.41) is 8.71. The van der Waals surface area contributed by atoms with Crippen molar-refractivity contribution in [3.8, 4) is 6.07 Å². The number of hydrogen-bond acceptors (Lipinski definition) is 5. The minimum Gasteiger partial charge on any atom is -0.481 e. The fourth-order valence-electron chi connectivity index (χ4n) is 0.836. The Morgan fingerprint density at radius 2 is 2.53 bits per heavy atom. The smallest absolute Gasteiger partial charge is 0.221 e. The molecular weight excluding hydrogens is 192 g/mol. The molecule has 0 saturated heterocycles. The topological polar surface area (TPSA) is 84.3 Å². The zero-order chi connectivity index (χ0) is 11.1. The third-order valence-corrected chi connectivity index (χ3v) is 1.59. The summed E-state index contributed by atoms with van der Waals surface area (Å²) in [6.07, 6.45) is 4.78. The van der Waals surface area contributed by atoms with Gasteiger partial charge in [0.2, 0.25) is 5.88 Å². The summed E-state index contributed by atoms with van der Waals surface area (Å²) in [7, 11) is 1.38. The second kappa shape index (κ2) is 5.40. The summed E-state index contributed by atoms with van der Waals surface area (Å²) in [4.78, 5) is 7.79. The molecule has 0 spiro atoms. The van der Waals surface area contributed by atoms with E-state index in [0.717, 1.165) is 5.56 Å². The molecule has 0 bridgehead atoms. The van der Waals surface area contributed by atoms with Crippen molar-refractivity contribution in [2.45, 2.75) is 0 Å². The molecule has 0 radical (unpaired) electrons. The molecular formula is C10H10N4O. The van der Waals surface area contributed by atoms with Crippen LogP contribution in [0.15, 0.2) is 41.1 Å². The lowest BCUT2D eigenvalue weighted by molar-refractivity contribution is 0.284. The van der Waals surface area contributed by atoms with Gasteiger partial charge < -0.3 is 10.5 Å². The minimum absolute atomic E-state index is 0.00218. The summed E-state index contributed by atoms with van der Waals surface area (Å²) >= 11 is 0. The Hall–Kier alpha value is -2.35. The number of nitriles is 1. The van der Waals surface area contributed by atoms with Gasteiger partial charge in [0.25, 0.3) is 0 Å². The van der Waals surface area contributed by atoms with E-state index < -0.39 is 0 Å². The van der Waals surface area contributed by atoms with Crippen LogP contribution < -0.4 is 5.73 Å². The zero-order valence-corrected chi connectivity index (χ0v) is 8.21. The van der Waals surface area contributed by atoms with Crippen LogP contribution in [-0.2, 0) is 4.74 Å². The molecule has 0 aliphatic heterocycles. The van der Waals surface area contributed by atoms with E-state index in [-0.39, 0.29) is 11.6 Å². The van der Waals surface area contributed by atoms with Crippen LogP contribution in [0.5, 0.6) is 0 Å². The van der Waals surface area contributed by atoms with E-state index in [0.29, 0.717) is 0 Å². The Labute approximate surface area is 87.5 Å². The number of aromatic nitrogens is 1. The highest BCUT2D eigenvalue weighted by molar-refractivity contribution is 5.80. The quantitative estimate of drug-likeness (QED) is 0.446. The van der Waals surface area contributed by atoms with Gasteiger partial charge in [0.1, 0.15) is 6.07 Å². The predicted octanol–water partition coefficient (Wildman–Crippen LogP) is 0.798. The van der Waals surface area contributed by atoms with Crippen molar-refractivity contribution in [2.24, 2.45) is 10.7 Å². The highest BCUT2D eigenvalue weighted by atomic mass is 16.5. The van der Waals surface area contributed by atoms with Gasteiger partial charge in [-0.3, -0.25) is 4.98 Å². The predicted molar refractivity (Wildman–Crippen MR) is 55.7 cm³/mol. The number of hydrogen-bond donors (Lipinski definition) is 1. The summed E-state index contributed by atoms with van der Waals surface area (Å²) < 4.78 is 4.70. The molecule has 5 heteroatoms. The Bertz CT molecular complexity index is 417. The molecule has 0 aromatic carbocycles. The third kappa shape index (κ3) is 3.12. The molecule has 76 valence electrons. The van der Waals surface area contributed by atoms with E-state index in [1.54, 1.807) is 18.5 Å². The van der Waals surface area contributed by atoms with Gasteiger partial charge in [0, 0.05) is 24.2 Å². The second-order valence-electron chi connectivity index (χ2n) is 2.57. The number of allylic oxidation sites excluding steroid dienone is 1. The van der Waals surface area contributed by atoms with Gasteiger partial charge in [-0.2, -0.15) is 5.26 Å². The molecule has 0 unspecified atom stereocenters. The first-order valence-corrected chi connectivity index (χ1v) is 4.16. The van der Waals surface area contributed by atoms with Crippen molar-refractivity contribution in [2.75, 3.05) is 7.11 Å². The highest BCUT2D eigenvalue weighted by Gasteiger charge is 1.99. The maximum Gasteiger partial charge on any atom is 0.221 e. The second-order valence-corrected chi connectivity index (χ2v) is 2.57. The fraction of sp³-hybridized carbons (Fsp3) is 0.100. The molecule has 1 rings (SSSR count). The Morgan fingerprint density at radius 1 is 1.73 bits per heavy atom. The number of ether oxygens (including phenoxy) is 1. The van der Waals surface area contributed by atoms with Gasteiger partial charge in [-0.1, -0.05) is 6.07 Å². The highest BCUT2D eigenvalue weighted by Crippen LogP contribution is 2.01. The lowest BCUT2D eigenvalue weighted by Gasteiger charge is -1.97. The number of rotatable bonds is 3. The monoisotopic (exact) mass is 202 g/mol. The number of nitrogens with zero attached hydrogens (tertiary/aromatic N) is 3. The van der Waals surface area contributed by atoms with Crippen molar-refractivity contribution < 1.29 is 4.74 Å². The Morgan fingerprint density at radius 3 is 3.07 bits per heavy atom. The fourth-order valence-corrected chi connectivity index (χ4v) is 0.836. The van der Waals surface area contributed by atoms with E-state index >= 15 is 0 Å². The van der Waals surface area contributed by atoms with Crippen molar-refractivity contribution in [1.29, 1.82) is 5.26 Å². The van der Waals surface area contributed by atoms with E-state index in [4.69, 9.17) is 15.7 Å². The molecule has 1 heterocycles. The summed E-state index contributed by atoms with van der Waals surface area (Å²) in [5.74, 6) is -0.00218. The van der Waals surface area contributed by atoms with E-state index in [9.17, 15) is 0 Å². The average Bonchev–Trinajstić information content (AvgIpc) is 2.31. The van der Waals surface area contributed by atoms with Crippen molar-refractivity contribution in [1.82, 2.24) is 4.98 Å². The van der Waals surface area contributed by atoms with Crippen LogP contribution >= 0.6 is 0 Å². The van der Waals surface area contributed by atoms with Gasteiger partial charge in [-0.05, 0) is 6.07 Å². The first kappa shape index (κ1) is 10.7. The van der Waals surface area contributed by atoms with Gasteiger partial charge >= 0.3 is 0 Å². The summed E-state index contributed by atoms with van der Waals surface area (Å²) in [6, 6.07) is 5.42. The van der Waals surface area contributed by atoms with Gasteiger partial charge in [-0.15, -0.1) is 0 Å². The SMILES string of the molecule is COC(N)=C(C#N)N=Cc1cccnc1. The first-order chi connectivity index (χ1) is 7.27. The Balaban J connectivity index is 2.87. The number of nitrogens with two attached hydrogens (primary N) is 1. The van der Waals surface area contributed by atoms with Crippen molar-refractivity contribution in [3.05, 3.63) is 41.7 Å². The van der Waals surface area contributed by atoms with Crippen LogP contribution in [0.1, 0.15) is 5.56 Å². The molecule has 5 nitrogen and oxygen atoms in total. The lowest BCUT2D eigenvalue weighted by atomic mass is 10.3. The minimum atomic E-state index is -0.00218. The van der Waals surface area contributed by atoms with Crippen molar-refractivity contribution in [3.63, 3.8) is 0 Å². The average molecular weight is 202 g/mol. The van der Waals surface area contributed by atoms with Crippen LogP contribution in [0.3, 0.4) is 0 Å². The van der Waals surface area contributed by atoms with E-state index in [1.807, 2.05) is 12.1 Å². The van der Waals surface area contributed by atoms with Crippen LogP contribution in [0.2, 0.25) is 0 Å². The molecule has 0 fully saturated rings. The number of pyridine rings is 1. The number of methoxy groups -OCH3 is 1. The van der Waals surface area contributed by atoms with Crippen LogP contribution in [0.25, 0.3) is 0 Å². The van der Waals surface area contributed by atoms with Gasteiger partial charge in [0.15, 0.2) is 5.70 Å². The molecule has 0 atom stereocenters. The Kier molecular flexibility index (Phi) is 3.86. The first-order valence-electron chi connectivity index (χ1n) is 4.16. The molecule has 0 saturated carbocycles. The molecule has 1 aromatic rings. The molecule has 0 aliphatic carbocycles. The standard InChI is InChI=1S/C10H10N4O/c1-15-10(12)9(5-11)14-7-8-3-2-4-13-6-8/h2-4,6-7H,12H2,1H3. The van der Waals surface area contributed by atoms with Crippen LogP contribution in [0, 0.1) is 11.3 Å². The third-order valence-electron chi connectivity index (χ3n) is 1.59. The molecule has 1 aromatic heterocycles. The van der Waals surface area contributed by atoms with Crippen LogP contribution in [0.4, 0.5) is 0 Å². The van der Waals surface area contributed by atoms with E-state index in [2.05, 4.69) is 9.98 Å². The zero-order valence-electron chi connectivity index (χ0n) is 8.21. The molecule has 2 N–H and O–H groups in total. The normalized spacial score (nSPS) is 12.0. The van der Waals surface area contributed by atoms with Crippen LogP contribution in [-0.4, -0.2) is 18.3 Å². The van der Waals surface area contributed by atoms with Crippen molar-refractivity contribution >= 4 is 6.21 Å². The summed E-state index contributed by atoms with van der Waals surface area (Å²) in [5.41, 5.74) is 6.23. The largest absolute Gasteiger partial charge is 0.481 e. The number of aliphatic imine (C=N–C) groups is 1. The maximum absolute atomic E-state index is 8.71. The van der Waals surface area contributed by atoms with E-state index in [1.165, 1.54) is 13.3 Å². The molecule has 15 heavy (non-hydrogen) atoms. The van der Waals surface area contributed by atoms with Gasteiger partial charge in [0.05, 0.1) is 7.11 Å². The van der Waals surface area contributed by atoms with Gasteiger partial charge in [-0.25, -0.2) is 4.99 Å². The molecule has 0 amide bonds. The summed E-state index contributed by atoms with van der Waals surface area (Å²) in [6.45, 7) is 0.